The minimum Gasteiger partial charge on any atom is -0.490 e. The third-order valence-electron chi connectivity index (χ3n) is 3.72. The highest BCUT2D eigenvalue weighted by molar-refractivity contribution is 6.32. The second kappa shape index (κ2) is 10.3. The Kier molecular flexibility index (Phi) is 7.25. The lowest BCUT2D eigenvalue weighted by Gasteiger charge is -2.12. The van der Waals surface area contributed by atoms with Crippen LogP contribution in [0.2, 0.25) is 5.02 Å². The van der Waals surface area contributed by atoms with Crippen molar-refractivity contribution in [2.45, 2.75) is 0 Å². The third kappa shape index (κ3) is 6.42. The Bertz CT molecular complexity index is 827. The molecule has 3 aromatic carbocycles. The highest BCUT2D eigenvalue weighted by Gasteiger charge is 2.00. The van der Waals surface area contributed by atoms with E-state index in [0.29, 0.717) is 37.1 Å². The fraction of sp³-hybridized carbons (Fsp3) is 0.182. The van der Waals surface area contributed by atoms with Gasteiger partial charge < -0.3 is 19.5 Å². The van der Waals surface area contributed by atoms with E-state index in [1.165, 1.54) is 0 Å². The van der Waals surface area contributed by atoms with Crippen molar-refractivity contribution in [3.63, 3.8) is 0 Å². The highest BCUT2D eigenvalue weighted by Crippen LogP contribution is 2.23. The largest absolute Gasteiger partial charge is 0.490 e. The number of hydrogen-bond acceptors (Lipinski definition) is 4. The first-order valence-corrected chi connectivity index (χ1v) is 9.21. The van der Waals surface area contributed by atoms with E-state index < -0.39 is 0 Å². The zero-order valence-electron chi connectivity index (χ0n) is 14.9. The molecule has 3 aromatic rings. The summed E-state index contributed by atoms with van der Waals surface area (Å²) in [5.74, 6) is 2.33. The maximum absolute atomic E-state index is 6.07. The topological polar surface area (TPSA) is 39.7 Å². The summed E-state index contributed by atoms with van der Waals surface area (Å²) in [5.41, 5.74) is 0.972. The molecule has 0 amide bonds. The molecule has 0 aliphatic heterocycles. The van der Waals surface area contributed by atoms with E-state index >= 15 is 0 Å². The van der Waals surface area contributed by atoms with Crippen LogP contribution in [0.1, 0.15) is 0 Å². The first kappa shape index (κ1) is 18.9. The molecule has 0 heterocycles. The molecular formula is C22H22ClNO3. The summed E-state index contributed by atoms with van der Waals surface area (Å²) in [6.45, 7) is 2.15. The van der Waals surface area contributed by atoms with Crippen LogP contribution in [0.5, 0.6) is 17.2 Å². The van der Waals surface area contributed by atoms with Crippen LogP contribution < -0.4 is 19.5 Å². The molecule has 27 heavy (non-hydrogen) atoms. The maximum atomic E-state index is 6.07. The molecule has 0 aromatic heterocycles. The van der Waals surface area contributed by atoms with Crippen molar-refractivity contribution >= 4 is 17.3 Å². The van der Waals surface area contributed by atoms with Gasteiger partial charge in [0, 0.05) is 18.3 Å². The van der Waals surface area contributed by atoms with Crippen LogP contribution in [0.4, 0.5) is 5.69 Å². The fourth-order valence-electron chi connectivity index (χ4n) is 2.45. The molecule has 0 aliphatic carbocycles. The van der Waals surface area contributed by atoms with Gasteiger partial charge in [0.2, 0.25) is 0 Å². The van der Waals surface area contributed by atoms with Crippen molar-refractivity contribution in [3.05, 3.63) is 83.9 Å². The van der Waals surface area contributed by atoms with Crippen molar-refractivity contribution in [1.29, 1.82) is 0 Å². The van der Waals surface area contributed by atoms with Gasteiger partial charge in [0.25, 0.3) is 0 Å². The predicted octanol–water partition coefficient (Wildman–Crippen LogP) is 5.29. The van der Waals surface area contributed by atoms with Gasteiger partial charge in [0.05, 0.1) is 5.02 Å². The third-order valence-corrected chi connectivity index (χ3v) is 4.04. The van der Waals surface area contributed by atoms with Gasteiger partial charge in [0.15, 0.2) is 0 Å². The van der Waals surface area contributed by atoms with E-state index in [4.69, 9.17) is 25.8 Å². The van der Waals surface area contributed by atoms with Crippen molar-refractivity contribution < 1.29 is 14.2 Å². The number of ether oxygens (including phenoxy) is 3. The number of nitrogens with one attached hydrogen (secondary N) is 1. The zero-order valence-corrected chi connectivity index (χ0v) is 15.7. The smallest absolute Gasteiger partial charge is 0.137 e. The van der Waals surface area contributed by atoms with Gasteiger partial charge in [-0.15, -0.1) is 0 Å². The standard InChI is InChI=1S/C22H22ClNO3/c23-21-11-4-5-12-22(21)27-14-13-24-18-7-6-10-20(17-18)26-16-15-25-19-8-2-1-3-9-19/h1-12,17,24H,13-16H2. The van der Waals surface area contributed by atoms with Gasteiger partial charge in [-0.1, -0.05) is 48.0 Å². The molecule has 0 saturated carbocycles. The van der Waals surface area contributed by atoms with Crippen LogP contribution in [0.25, 0.3) is 0 Å². The lowest BCUT2D eigenvalue weighted by atomic mass is 10.3. The Morgan fingerprint density at radius 1 is 0.667 bits per heavy atom. The molecule has 0 fully saturated rings. The Morgan fingerprint density at radius 3 is 2.19 bits per heavy atom. The molecule has 0 saturated heterocycles. The first-order valence-electron chi connectivity index (χ1n) is 8.83. The second-order valence-electron chi connectivity index (χ2n) is 5.74. The summed E-state index contributed by atoms with van der Waals surface area (Å²) in [4.78, 5) is 0. The Hall–Kier alpha value is -2.85. The number of benzene rings is 3. The molecule has 0 aliphatic rings. The summed E-state index contributed by atoms with van der Waals surface area (Å²) >= 11 is 6.07. The lowest BCUT2D eigenvalue weighted by molar-refractivity contribution is 0.217. The maximum Gasteiger partial charge on any atom is 0.137 e. The van der Waals surface area contributed by atoms with Gasteiger partial charge in [-0.25, -0.2) is 0 Å². The first-order chi connectivity index (χ1) is 13.3. The number of rotatable bonds is 10. The van der Waals surface area contributed by atoms with Crippen LogP contribution >= 0.6 is 11.6 Å². The Labute approximate surface area is 164 Å². The van der Waals surface area contributed by atoms with Gasteiger partial charge >= 0.3 is 0 Å². The number of hydrogen-bond donors (Lipinski definition) is 1. The van der Waals surface area contributed by atoms with Crippen LogP contribution in [-0.4, -0.2) is 26.4 Å². The van der Waals surface area contributed by atoms with E-state index in [9.17, 15) is 0 Å². The number of para-hydroxylation sites is 2. The van der Waals surface area contributed by atoms with Crippen LogP contribution in [0.15, 0.2) is 78.9 Å². The molecule has 5 heteroatoms. The average Bonchev–Trinajstić information content (AvgIpc) is 2.71. The van der Waals surface area contributed by atoms with E-state index in [1.807, 2.05) is 78.9 Å². The van der Waals surface area contributed by atoms with Crippen LogP contribution in [-0.2, 0) is 0 Å². The van der Waals surface area contributed by atoms with E-state index in [0.717, 1.165) is 17.2 Å². The molecular weight excluding hydrogens is 362 g/mol. The normalized spacial score (nSPS) is 10.3. The van der Waals surface area contributed by atoms with E-state index in [-0.39, 0.29) is 0 Å². The fourth-order valence-corrected chi connectivity index (χ4v) is 2.64. The van der Waals surface area contributed by atoms with Gasteiger partial charge in [-0.3, -0.25) is 0 Å². The minimum absolute atomic E-state index is 0.480. The average molecular weight is 384 g/mol. The van der Waals surface area contributed by atoms with E-state index in [2.05, 4.69) is 5.32 Å². The van der Waals surface area contributed by atoms with Crippen molar-refractivity contribution in [2.24, 2.45) is 0 Å². The lowest BCUT2D eigenvalue weighted by Crippen LogP contribution is -2.12. The van der Waals surface area contributed by atoms with Gasteiger partial charge in [-0.05, 0) is 36.4 Å². The monoisotopic (exact) mass is 383 g/mol. The number of halogens is 1. The van der Waals surface area contributed by atoms with Crippen molar-refractivity contribution in [3.8, 4) is 17.2 Å². The number of anilines is 1. The minimum atomic E-state index is 0.480. The molecule has 0 unspecified atom stereocenters. The zero-order chi connectivity index (χ0) is 18.7. The SMILES string of the molecule is Clc1ccccc1OCCNc1cccc(OCCOc2ccccc2)c1. The predicted molar refractivity (Wildman–Crippen MR) is 109 cm³/mol. The van der Waals surface area contributed by atoms with Crippen molar-refractivity contribution in [2.75, 3.05) is 31.7 Å². The summed E-state index contributed by atoms with van der Waals surface area (Å²) in [6.07, 6.45) is 0. The molecule has 4 nitrogen and oxygen atoms in total. The van der Waals surface area contributed by atoms with E-state index in [1.54, 1.807) is 0 Å². The van der Waals surface area contributed by atoms with Crippen molar-refractivity contribution in [1.82, 2.24) is 0 Å². The molecule has 1 N–H and O–H groups in total. The van der Waals surface area contributed by atoms with Crippen LogP contribution in [0.3, 0.4) is 0 Å². The molecule has 0 bridgehead atoms. The molecule has 3 rings (SSSR count). The second-order valence-corrected chi connectivity index (χ2v) is 6.15. The summed E-state index contributed by atoms with van der Waals surface area (Å²) in [5, 5.41) is 3.93. The van der Waals surface area contributed by atoms with Gasteiger partial charge in [0.1, 0.15) is 37.1 Å². The summed E-state index contributed by atoms with van der Waals surface area (Å²) in [6, 6.07) is 25.0. The Morgan fingerprint density at radius 2 is 1.37 bits per heavy atom. The quantitative estimate of drug-likeness (QED) is 0.483. The molecule has 0 atom stereocenters. The van der Waals surface area contributed by atoms with Gasteiger partial charge in [-0.2, -0.15) is 0 Å². The molecule has 140 valence electrons. The molecule has 0 spiro atoms. The highest BCUT2D eigenvalue weighted by atomic mass is 35.5. The Balaban J connectivity index is 1.37. The summed E-state index contributed by atoms with van der Waals surface area (Å²) in [7, 11) is 0. The summed E-state index contributed by atoms with van der Waals surface area (Å²) < 4.78 is 17.0. The molecule has 0 radical (unpaired) electrons. The van der Waals surface area contributed by atoms with Crippen LogP contribution in [0, 0.1) is 0 Å².